The van der Waals surface area contributed by atoms with E-state index in [0.717, 1.165) is 0 Å². The average molecular weight is 169 g/mol. The van der Waals surface area contributed by atoms with Gasteiger partial charge in [0.1, 0.15) is 6.29 Å². The van der Waals surface area contributed by atoms with Crippen LogP contribution in [0.3, 0.4) is 0 Å². The standard InChI is InChI=1S/C8H8O3.H3N/c1-11-8-4-6(5-9)2-3-7(8)10;/h2-5,10H,1H3;1H3. The van der Waals surface area contributed by atoms with Crippen LogP contribution < -0.4 is 10.9 Å². The van der Waals surface area contributed by atoms with Crippen molar-refractivity contribution in [2.24, 2.45) is 0 Å². The molecule has 4 N–H and O–H groups in total. The Morgan fingerprint density at radius 1 is 1.50 bits per heavy atom. The lowest BCUT2D eigenvalue weighted by atomic mass is 10.2. The number of rotatable bonds is 2. The van der Waals surface area contributed by atoms with Crippen LogP contribution in [0.4, 0.5) is 0 Å². The van der Waals surface area contributed by atoms with Crippen molar-refractivity contribution in [2.45, 2.75) is 0 Å². The molecular formula is C8H11NO3. The second-order valence-electron chi connectivity index (χ2n) is 2.05. The molecule has 0 aliphatic rings. The van der Waals surface area contributed by atoms with Gasteiger partial charge in [0.15, 0.2) is 11.5 Å². The van der Waals surface area contributed by atoms with Gasteiger partial charge in [0.2, 0.25) is 0 Å². The molecule has 1 rings (SSSR count). The lowest BCUT2D eigenvalue weighted by Crippen LogP contribution is -1.85. The van der Waals surface area contributed by atoms with Crippen LogP contribution >= 0.6 is 0 Å². The van der Waals surface area contributed by atoms with E-state index < -0.39 is 0 Å². The minimum absolute atomic E-state index is 0. The largest absolute Gasteiger partial charge is 0.504 e. The normalized spacial score (nSPS) is 8.42. The zero-order valence-corrected chi connectivity index (χ0v) is 6.78. The maximum atomic E-state index is 10.2. The van der Waals surface area contributed by atoms with Crippen LogP contribution in [0, 0.1) is 0 Å². The van der Waals surface area contributed by atoms with Crippen LogP contribution in [0.2, 0.25) is 0 Å². The highest BCUT2D eigenvalue weighted by Gasteiger charge is 2.00. The number of aromatic hydroxyl groups is 1. The lowest BCUT2D eigenvalue weighted by molar-refractivity contribution is 0.112. The van der Waals surface area contributed by atoms with E-state index in [2.05, 4.69) is 0 Å². The van der Waals surface area contributed by atoms with Crippen molar-refractivity contribution in [1.82, 2.24) is 6.15 Å². The Bertz CT molecular complexity index is 273. The molecule has 1 aromatic carbocycles. The van der Waals surface area contributed by atoms with E-state index in [1.807, 2.05) is 0 Å². The van der Waals surface area contributed by atoms with Crippen molar-refractivity contribution in [1.29, 1.82) is 0 Å². The molecule has 12 heavy (non-hydrogen) atoms. The number of hydrogen-bond acceptors (Lipinski definition) is 4. The molecular weight excluding hydrogens is 158 g/mol. The molecule has 0 fully saturated rings. The van der Waals surface area contributed by atoms with Crippen LogP contribution in [-0.4, -0.2) is 18.5 Å². The second-order valence-corrected chi connectivity index (χ2v) is 2.05. The first-order valence-electron chi connectivity index (χ1n) is 3.10. The highest BCUT2D eigenvalue weighted by molar-refractivity contribution is 5.76. The molecule has 1 aromatic rings. The predicted molar refractivity (Wildman–Crippen MR) is 45.1 cm³/mol. The van der Waals surface area contributed by atoms with Gasteiger partial charge in [-0.2, -0.15) is 0 Å². The van der Waals surface area contributed by atoms with Crippen LogP contribution in [-0.2, 0) is 0 Å². The fourth-order valence-corrected chi connectivity index (χ4v) is 0.768. The molecule has 4 nitrogen and oxygen atoms in total. The Morgan fingerprint density at radius 3 is 2.67 bits per heavy atom. The first kappa shape index (κ1) is 10.4. The van der Waals surface area contributed by atoms with Gasteiger partial charge in [-0.05, 0) is 18.2 Å². The van der Waals surface area contributed by atoms with E-state index in [1.165, 1.54) is 25.3 Å². The molecule has 66 valence electrons. The minimum Gasteiger partial charge on any atom is -0.504 e. The van der Waals surface area contributed by atoms with Gasteiger partial charge in [0.25, 0.3) is 0 Å². The fourth-order valence-electron chi connectivity index (χ4n) is 0.768. The summed E-state index contributed by atoms with van der Waals surface area (Å²) in [5.41, 5.74) is 0.486. The van der Waals surface area contributed by atoms with E-state index in [4.69, 9.17) is 9.84 Å². The van der Waals surface area contributed by atoms with Crippen LogP contribution in [0.5, 0.6) is 11.5 Å². The third-order valence-electron chi connectivity index (χ3n) is 1.34. The van der Waals surface area contributed by atoms with Gasteiger partial charge in [-0.15, -0.1) is 0 Å². The summed E-state index contributed by atoms with van der Waals surface area (Å²) >= 11 is 0. The van der Waals surface area contributed by atoms with Crippen molar-refractivity contribution in [3.8, 4) is 11.5 Å². The number of methoxy groups -OCH3 is 1. The van der Waals surface area contributed by atoms with Gasteiger partial charge < -0.3 is 16.0 Å². The molecule has 0 spiro atoms. The molecule has 0 aliphatic carbocycles. The quantitative estimate of drug-likeness (QED) is 0.655. The van der Waals surface area contributed by atoms with Gasteiger partial charge >= 0.3 is 0 Å². The topological polar surface area (TPSA) is 81.5 Å². The van der Waals surface area contributed by atoms with Crippen molar-refractivity contribution in [3.05, 3.63) is 23.8 Å². The monoisotopic (exact) mass is 169 g/mol. The second kappa shape index (κ2) is 4.35. The maximum Gasteiger partial charge on any atom is 0.161 e. The lowest BCUT2D eigenvalue weighted by Gasteiger charge is -2.01. The molecule has 0 atom stereocenters. The third-order valence-corrected chi connectivity index (χ3v) is 1.34. The first-order chi connectivity index (χ1) is 5.27. The van der Waals surface area contributed by atoms with E-state index in [9.17, 15) is 4.79 Å². The van der Waals surface area contributed by atoms with Crippen molar-refractivity contribution >= 4 is 6.29 Å². The number of carbonyl (C=O) groups excluding carboxylic acids is 1. The number of carbonyl (C=O) groups is 1. The molecule has 0 aromatic heterocycles. The van der Waals surface area contributed by atoms with Gasteiger partial charge in [0, 0.05) is 5.56 Å². The smallest absolute Gasteiger partial charge is 0.161 e. The molecule has 4 heteroatoms. The van der Waals surface area contributed by atoms with Crippen molar-refractivity contribution < 1.29 is 14.6 Å². The summed E-state index contributed by atoms with van der Waals surface area (Å²) in [5, 5.41) is 9.09. The number of benzene rings is 1. The number of phenols is 1. The van der Waals surface area contributed by atoms with Gasteiger partial charge in [-0.3, -0.25) is 4.79 Å². The number of phenolic OH excluding ortho intramolecular Hbond substituents is 1. The molecule has 0 amide bonds. The van der Waals surface area contributed by atoms with Gasteiger partial charge in [-0.25, -0.2) is 0 Å². The Hall–Kier alpha value is -1.55. The summed E-state index contributed by atoms with van der Waals surface area (Å²) in [6.07, 6.45) is 0.696. The summed E-state index contributed by atoms with van der Waals surface area (Å²) in [7, 11) is 1.43. The Labute approximate surface area is 70.4 Å². The molecule has 0 heterocycles. The van der Waals surface area contributed by atoms with Crippen LogP contribution in [0.25, 0.3) is 0 Å². The minimum atomic E-state index is 0. The van der Waals surface area contributed by atoms with E-state index in [-0.39, 0.29) is 11.9 Å². The molecule has 0 saturated heterocycles. The Balaban J connectivity index is 0.00000121. The summed E-state index contributed by atoms with van der Waals surface area (Å²) in [5.74, 6) is 0.354. The summed E-state index contributed by atoms with van der Waals surface area (Å²) in [4.78, 5) is 10.2. The van der Waals surface area contributed by atoms with Crippen molar-refractivity contribution in [3.63, 3.8) is 0 Å². The van der Waals surface area contributed by atoms with Crippen LogP contribution in [0.15, 0.2) is 18.2 Å². The fraction of sp³-hybridized carbons (Fsp3) is 0.125. The van der Waals surface area contributed by atoms with E-state index >= 15 is 0 Å². The van der Waals surface area contributed by atoms with Gasteiger partial charge in [0.05, 0.1) is 7.11 Å². The molecule has 0 unspecified atom stereocenters. The number of aldehydes is 1. The highest BCUT2D eigenvalue weighted by Crippen LogP contribution is 2.25. The van der Waals surface area contributed by atoms with E-state index in [0.29, 0.717) is 17.6 Å². The summed E-state index contributed by atoms with van der Waals surface area (Å²) in [6.45, 7) is 0. The number of hydrogen-bond donors (Lipinski definition) is 2. The zero-order valence-electron chi connectivity index (χ0n) is 6.78. The molecule has 0 radical (unpaired) electrons. The maximum absolute atomic E-state index is 10.2. The number of ether oxygens (including phenoxy) is 1. The predicted octanol–water partition coefficient (Wildman–Crippen LogP) is 1.38. The van der Waals surface area contributed by atoms with Crippen molar-refractivity contribution in [2.75, 3.05) is 7.11 Å². The molecule has 0 bridgehead atoms. The Kier molecular flexibility index (Phi) is 3.79. The van der Waals surface area contributed by atoms with E-state index in [1.54, 1.807) is 0 Å². The molecule has 0 aliphatic heterocycles. The zero-order chi connectivity index (χ0) is 8.27. The highest BCUT2D eigenvalue weighted by atomic mass is 16.5. The molecule has 0 saturated carbocycles. The van der Waals surface area contributed by atoms with Gasteiger partial charge in [-0.1, -0.05) is 0 Å². The SMILES string of the molecule is COc1cc(C=O)ccc1O.N. The summed E-state index contributed by atoms with van der Waals surface area (Å²) in [6, 6.07) is 4.41. The van der Waals surface area contributed by atoms with Crippen LogP contribution in [0.1, 0.15) is 10.4 Å². The Morgan fingerprint density at radius 2 is 2.17 bits per heavy atom. The third kappa shape index (κ3) is 1.96. The average Bonchev–Trinajstić information content (AvgIpc) is 2.05. The first-order valence-corrected chi connectivity index (χ1v) is 3.10. The summed E-state index contributed by atoms with van der Waals surface area (Å²) < 4.78 is 4.78.